The van der Waals surface area contributed by atoms with Crippen molar-refractivity contribution in [2.75, 3.05) is 6.54 Å². The van der Waals surface area contributed by atoms with Crippen molar-refractivity contribution in [2.24, 2.45) is 11.8 Å². The van der Waals surface area contributed by atoms with Gasteiger partial charge >= 0.3 is 0 Å². The lowest BCUT2D eigenvalue weighted by atomic mass is 9.79. The van der Waals surface area contributed by atoms with Gasteiger partial charge in [0.15, 0.2) is 0 Å². The molecule has 0 aromatic rings. The van der Waals surface area contributed by atoms with E-state index in [4.69, 9.17) is 0 Å². The van der Waals surface area contributed by atoms with Crippen LogP contribution in [-0.2, 0) is 4.79 Å². The van der Waals surface area contributed by atoms with Crippen LogP contribution in [-0.4, -0.2) is 22.0 Å². The molecule has 0 radical (unpaired) electrons. The number of hydrogen-bond acceptors (Lipinski definition) is 2. The summed E-state index contributed by atoms with van der Waals surface area (Å²) in [6, 6.07) is 0.218. The van der Waals surface area contributed by atoms with Gasteiger partial charge in [-0.15, -0.1) is 0 Å². The molecular weight excluding hydrogens is 265 g/mol. The molecule has 12 heavy (non-hydrogen) atoms. The lowest BCUT2D eigenvalue weighted by Crippen LogP contribution is -2.28. The smallest absolute Gasteiger partial charge is 0.138 e. The first-order valence-electron chi connectivity index (χ1n) is 4.70. The first-order chi connectivity index (χ1) is 5.83. The van der Waals surface area contributed by atoms with Gasteiger partial charge in [-0.2, -0.15) is 0 Å². The Balaban J connectivity index is 2.10. The zero-order chi connectivity index (χ0) is 8.55. The summed E-state index contributed by atoms with van der Waals surface area (Å²) in [6.07, 6.45) is 6.46. The van der Waals surface area contributed by atoms with Crippen molar-refractivity contribution in [1.82, 2.24) is 3.11 Å². The molecule has 0 N–H and O–H groups in total. The van der Waals surface area contributed by atoms with Crippen molar-refractivity contribution in [2.45, 2.75) is 31.7 Å². The Morgan fingerprint density at radius 2 is 2.08 bits per heavy atom. The van der Waals surface area contributed by atoms with Gasteiger partial charge in [0.2, 0.25) is 0 Å². The molecule has 0 bridgehead atoms. The second kappa shape index (κ2) is 3.62. The summed E-state index contributed by atoms with van der Waals surface area (Å²) in [5, 5.41) is 0. The number of carbonyl (C=O) groups excluding carboxylic acids is 1. The summed E-state index contributed by atoms with van der Waals surface area (Å²) in [5.41, 5.74) is 0. The first-order valence-corrected chi connectivity index (χ1v) is 5.67. The van der Waals surface area contributed by atoms with E-state index < -0.39 is 0 Å². The second-order valence-electron chi connectivity index (χ2n) is 3.92. The topological polar surface area (TPSA) is 20.3 Å². The second-order valence-corrected chi connectivity index (χ2v) is 5.16. The van der Waals surface area contributed by atoms with Crippen molar-refractivity contribution >= 4 is 29.2 Å². The SMILES string of the molecule is O=C[C@@H]1C2CCCCC2CN1I. The summed E-state index contributed by atoms with van der Waals surface area (Å²) < 4.78 is 2.20. The maximum atomic E-state index is 10.8. The summed E-state index contributed by atoms with van der Waals surface area (Å²) >= 11 is 2.30. The molecule has 68 valence electrons. The van der Waals surface area contributed by atoms with Crippen LogP contribution in [0.25, 0.3) is 0 Å². The average Bonchev–Trinajstić information content (AvgIpc) is 2.40. The highest BCUT2D eigenvalue weighted by atomic mass is 127. The minimum absolute atomic E-state index is 0.218. The molecule has 1 saturated heterocycles. The Morgan fingerprint density at radius 1 is 1.33 bits per heavy atom. The van der Waals surface area contributed by atoms with Gasteiger partial charge in [0.1, 0.15) is 6.29 Å². The van der Waals surface area contributed by atoms with E-state index in [1.54, 1.807) is 0 Å². The summed E-state index contributed by atoms with van der Waals surface area (Å²) in [5.74, 6) is 1.49. The maximum Gasteiger partial charge on any atom is 0.138 e. The largest absolute Gasteiger partial charge is 0.302 e. The molecular formula is C9H14INO. The van der Waals surface area contributed by atoms with E-state index in [0.717, 1.165) is 18.7 Å². The molecule has 2 rings (SSSR count). The van der Waals surface area contributed by atoms with Crippen molar-refractivity contribution in [3.63, 3.8) is 0 Å². The maximum absolute atomic E-state index is 10.8. The number of aldehydes is 1. The molecule has 0 spiro atoms. The quantitative estimate of drug-likeness (QED) is 0.416. The summed E-state index contributed by atoms with van der Waals surface area (Å²) in [6.45, 7) is 1.13. The third kappa shape index (κ3) is 1.41. The first kappa shape index (κ1) is 8.94. The predicted octanol–water partition coefficient (Wildman–Crippen LogP) is 2.03. The van der Waals surface area contributed by atoms with Crippen molar-refractivity contribution in [1.29, 1.82) is 0 Å². The van der Waals surface area contributed by atoms with Crippen molar-refractivity contribution in [3.05, 3.63) is 0 Å². The van der Waals surface area contributed by atoms with Gasteiger partial charge < -0.3 is 4.79 Å². The Kier molecular flexibility index (Phi) is 2.69. The van der Waals surface area contributed by atoms with Gasteiger partial charge in [-0.1, -0.05) is 12.8 Å². The highest BCUT2D eigenvalue weighted by Gasteiger charge is 2.41. The third-order valence-corrected chi connectivity index (χ3v) is 4.32. The Labute approximate surface area is 87.2 Å². The van der Waals surface area contributed by atoms with Gasteiger partial charge in [0.25, 0.3) is 0 Å². The zero-order valence-electron chi connectivity index (χ0n) is 7.08. The standard InChI is InChI=1S/C9H14INO/c10-11-5-7-3-1-2-4-8(7)9(11)6-12/h6-9H,1-5H2/t7?,8?,9-/m1/s1. The zero-order valence-corrected chi connectivity index (χ0v) is 9.24. The average molecular weight is 279 g/mol. The van der Waals surface area contributed by atoms with Crippen LogP contribution in [0.1, 0.15) is 25.7 Å². The van der Waals surface area contributed by atoms with E-state index >= 15 is 0 Å². The van der Waals surface area contributed by atoms with Gasteiger partial charge in [-0.3, -0.25) is 0 Å². The highest BCUT2D eigenvalue weighted by molar-refractivity contribution is 14.1. The van der Waals surface area contributed by atoms with Crippen LogP contribution in [0, 0.1) is 11.8 Å². The number of halogens is 1. The van der Waals surface area contributed by atoms with Crippen LogP contribution >= 0.6 is 22.9 Å². The number of nitrogens with zero attached hydrogens (tertiary/aromatic N) is 1. The molecule has 0 aromatic heterocycles. The van der Waals surface area contributed by atoms with Gasteiger partial charge in [-0.05, 0) is 24.7 Å². The number of rotatable bonds is 1. The summed E-state index contributed by atoms with van der Waals surface area (Å²) in [4.78, 5) is 10.8. The minimum atomic E-state index is 0.218. The van der Waals surface area contributed by atoms with E-state index in [0.29, 0.717) is 5.92 Å². The fraction of sp³-hybridized carbons (Fsp3) is 0.889. The summed E-state index contributed by atoms with van der Waals surface area (Å²) in [7, 11) is 0. The Morgan fingerprint density at radius 3 is 2.83 bits per heavy atom. The minimum Gasteiger partial charge on any atom is -0.302 e. The fourth-order valence-electron chi connectivity index (χ4n) is 2.63. The molecule has 2 fully saturated rings. The van der Waals surface area contributed by atoms with Crippen molar-refractivity contribution < 1.29 is 4.79 Å². The molecule has 3 heteroatoms. The van der Waals surface area contributed by atoms with Gasteiger partial charge in [0, 0.05) is 29.4 Å². The molecule has 3 atom stereocenters. The molecule has 2 aliphatic rings. The van der Waals surface area contributed by atoms with E-state index in [2.05, 4.69) is 26.0 Å². The highest BCUT2D eigenvalue weighted by Crippen LogP contribution is 2.40. The van der Waals surface area contributed by atoms with E-state index in [9.17, 15) is 4.79 Å². The van der Waals surface area contributed by atoms with E-state index in [1.807, 2.05) is 0 Å². The van der Waals surface area contributed by atoms with Crippen LogP contribution in [0.4, 0.5) is 0 Å². The molecule has 0 aromatic carbocycles. The monoisotopic (exact) mass is 279 g/mol. The lowest BCUT2D eigenvalue weighted by Gasteiger charge is -2.25. The van der Waals surface area contributed by atoms with Gasteiger partial charge in [0.05, 0.1) is 6.04 Å². The molecule has 1 saturated carbocycles. The van der Waals surface area contributed by atoms with Crippen LogP contribution in [0.5, 0.6) is 0 Å². The van der Waals surface area contributed by atoms with E-state index in [-0.39, 0.29) is 6.04 Å². The Bertz CT molecular complexity index is 185. The van der Waals surface area contributed by atoms with E-state index in [1.165, 1.54) is 25.7 Å². The molecule has 1 aliphatic heterocycles. The van der Waals surface area contributed by atoms with Crippen LogP contribution in [0.3, 0.4) is 0 Å². The Hall–Kier alpha value is 0.360. The normalized spacial score (nSPS) is 42.6. The molecule has 2 unspecified atom stereocenters. The van der Waals surface area contributed by atoms with Crippen molar-refractivity contribution in [3.8, 4) is 0 Å². The predicted molar refractivity (Wildman–Crippen MR) is 56.0 cm³/mol. The number of hydrogen-bond donors (Lipinski definition) is 0. The van der Waals surface area contributed by atoms with Crippen LogP contribution < -0.4 is 0 Å². The molecule has 2 nitrogen and oxygen atoms in total. The molecule has 1 aliphatic carbocycles. The number of carbonyl (C=O) groups is 1. The van der Waals surface area contributed by atoms with Crippen LogP contribution in [0.2, 0.25) is 0 Å². The third-order valence-electron chi connectivity index (χ3n) is 3.28. The fourth-order valence-corrected chi connectivity index (χ4v) is 3.68. The van der Waals surface area contributed by atoms with Gasteiger partial charge in [-0.25, -0.2) is 3.11 Å². The van der Waals surface area contributed by atoms with Crippen LogP contribution in [0.15, 0.2) is 0 Å². The molecule has 0 amide bonds. The number of fused-ring (bicyclic) bond motifs is 1. The molecule has 1 heterocycles. The lowest BCUT2D eigenvalue weighted by molar-refractivity contribution is -0.111.